The zero-order chi connectivity index (χ0) is 42.4. The van der Waals surface area contributed by atoms with Crippen LogP contribution in [0.2, 0.25) is 0 Å². The van der Waals surface area contributed by atoms with Crippen LogP contribution in [0, 0.1) is 35.5 Å². The molecule has 314 valence electrons. The first-order chi connectivity index (χ1) is 27.0. The SMILES string of the molecule is C#CCCCC1OC(=O)CNC(=O)[C@H]([C@@H](C)CC)NC(=O)[C@@H]2CCCN2C(=O)[C@H]([C@@H](C)CC)OC(=O)C(Cc2ccccc2)NC(=O)C(C(C)C)NC(=O)C1(C)C. The quantitative estimate of drug-likeness (QED) is 0.157. The van der Waals surface area contributed by atoms with Crippen molar-refractivity contribution in [2.75, 3.05) is 13.1 Å². The van der Waals surface area contributed by atoms with E-state index in [0.717, 1.165) is 0 Å². The molecule has 4 N–H and O–H groups in total. The molecule has 57 heavy (non-hydrogen) atoms. The van der Waals surface area contributed by atoms with Crippen LogP contribution >= 0.6 is 0 Å². The summed E-state index contributed by atoms with van der Waals surface area (Å²) in [5, 5.41) is 11.0. The van der Waals surface area contributed by atoms with Gasteiger partial charge in [-0.3, -0.25) is 28.8 Å². The number of rotatable bonds is 10. The Hall–Kier alpha value is -4.93. The Bertz CT molecular complexity index is 1620. The number of unbranched alkanes of at least 4 members (excludes halogenated alkanes) is 1. The van der Waals surface area contributed by atoms with Gasteiger partial charge in [-0.05, 0) is 63.4 Å². The second-order valence-electron chi connectivity index (χ2n) is 16.3. The number of nitrogens with one attached hydrogen (secondary N) is 4. The lowest BCUT2D eigenvalue weighted by atomic mass is 9.82. The molecule has 2 aliphatic rings. The number of fused-ring (bicyclic) bond motifs is 1. The number of amides is 5. The number of esters is 2. The third kappa shape index (κ3) is 12.5. The van der Waals surface area contributed by atoms with Crippen molar-refractivity contribution in [3.63, 3.8) is 0 Å². The van der Waals surface area contributed by atoms with Gasteiger partial charge in [0.05, 0.1) is 5.41 Å². The van der Waals surface area contributed by atoms with E-state index in [0.29, 0.717) is 44.1 Å². The zero-order valence-electron chi connectivity index (χ0n) is 34.9. The summed E-state index contributed by atoms with van der Waals surface area (Å²) in [6.45, 7) is 13.6. The fraction of sp³-hybridized carbons (Fsp3) is 0.651. The minimum atomic E-state index is -1.38. The normalized spacial score (nSPS) is 26.9. The van der Waals surface area contributed by atoms with Crippen LogP contribution in [0.25, 0.3) is 0 Å². The Kier molecular flexibility index (Phi) is 17.6. The van der Waals surface area contributed by atoms with Crippen molar-refractivity contribution in [2.24, 2.45) is 23.2 Å². The highest BCUT2D eigenvalue weighted by Gasteiger charge is 2.44. The number of cyclic esters (lactones) is 2. The highest BCUT2D eigenvalue weighted by Crippen LogP contribution is 2.29. The number of benzene rings is 1. The maximum absolute atomic E-state index is 14.3. The van der Waals surface area contributed by atoms with Gasteiger partial charge in [-0.1, -0.05) is 78.3 Å². The average molecular weight is 794 g/mol. The van der Waals surface area contributed by atoms with Crippen LogP contribution in [0.4, 0.5) is 0 Å². The summed E-state index contributed by atoms with van der Waals surface area (Å²) in [5.74, 6) is -3.33. The van der Waals surface area contributed by atoms with Gasteiger partial charge in [0, 0.05) is 25.3 Å². The third-order valence-electron chi connectivity index (χ3n) is 11.3. The lowest BCUT2D eigenvalue weighted by Crippen LogP contribution is -2.59. The Morgan fingerprint density at radius 2 is 1.53 bits per heavy atom. The largest absolute Gasteiger partial charge is 0.460 e. The van der Waals surface area contributed by atoms with Gasteiger partial charge in [-0.25, -0.2) is 4.79 Å². The number of nitrogens with zero attached hydrogens (tertiary/aromatic N) is 1. The summed E-state index contributed by atoms with van der Waals surface area (Å²) in [6.07, 6.45) is 6.04. The van der Waals surface area contributed by atoms with Crippen molar-refractivity contribution in [3.05, 3.63) is 35.9 Å². The first-order valence-electron chi connectivity index (χ1n) is 20.3. The number of carbonyl (C=O) groups is 7. The Morgan fingerprint density at radius 1 is 0.860 bits per heavy atom. The molecule has 2 heterocycles. The summed E-state index contributed by atoms with van der Waals surface area (Å²) in [7, 11) is 0. The number of carbonyl (C=O) groups excluding carboxylic acids is 7. The average Bonchev–Trinajstić information content (AvgIpc) is 3.68. The molecule has 2 saturated heterocycles. The molecule has 3 rings (SSSR count). The summed E-state index contributed by atoms with van der Waals surface area (Å²) >= 11 is 0. The summed E-state index contributed by atoms with van der Waals surface area (Å²) in [5.41, 5.74) is -0.669. The summed E-state index contributed by atoms with van der Waals surface area (Å²) in [4.78, 5) is 98.9. The van der Waals surface area contributed by atoms with Crippen LogP contribution in [-0.4, -0.2) is 95.8 Å². The molecule has 0 aromatic heterocycles. The second kappa shape index (κ2) is 21.6. The number of terminal acetylenes is 1. The maximum Gasteiger partial charge on any atom is 0.329 e. The van der Waals surface area contributed by atoms with Crippen LogP contribution in [0.3, 0.4) is 0 Å². The topological polar surface area (TPSA) is 189 Å². The van der Waals surface area contributed by atoms with Crippen molar-refractivity contribution < 1.29 is 43.0 Å². The molecule has 0 spiro atoms. The van der Waals surface area contributed by atoms with E-state index >= 15 is 0 Å². The van der Waals surface area contributed by atoms with Gasteiger partial charge < -0.3 is 35.6 Å². The minimum absolute atomic E-state index is 0.0259. The van der Waals surface area contributed by atoms with E-state index in [1.807, 2.05) is 19.9 Å². The van der Waals surface area contributed by atoms with E-state index in [-0.39, 0.29) is 25.3 Å². The molecule has 0 radical (unpaired) electrons. The molecule has 1 aromatic rings. The fourth-order valence-electron chi connectivity index (χ4n) is 6.99. The van der Waals surface area contributed by atoms with Crippen LogP contribution in [-0.2, 0) is 49.5 Å². The highest BCUT2D eigenvalue weighted by atomic mass is 16.6. The van der Waals surface area contributed by atoms with E-state index in [9.17, 15) is 33.6 Å². The van der Waals surface area contributed by atoms with E-state index in [1.165, 1.54) is 4.90 Å². The zero-order valence-corrected chi connectivity index (χ0v) is 34.9. The lowest BCUT2D eigenvalue weighted by molar-refractivity contribution is -0.167. The van der Waals surface area contributed by atoms with Gasteiger partial charge in [0.2, 0.25) is 23.6 Å². The van der Waals surface area contributed by atoms with Crippen LogP contribution in [0.1, 0.15) is 106 Å². The predicted octanol–water partition coefficient (Wildman–Crippen LogP) is 3.21. The number of hydrogen-bond donors (Lipinski definition) is 4. The van der Waals surface area contributed by atoms with Gasteiger partial charge in [0.25, 0.3) is 5.91 Å². The van der Waals surface area contributed by atoms with Gasteiger partial charge >= 0.3 is 11.9 Å². The van der Waals surface area contributed by atoms with Gasteiger partial charge in [0.15, 0.2) is 6.10 Å². The fourth-order valence-corrected chi connectivity index (χ4v) is 6.99. The monoisotopic (exact) mass is 793 g/mol. The standard InChI is InChI=1S/C43H63N5O9/c1-10-13-15-22-32-43(8,9)42(55)47-34(26(4)5)39(52)45-30(24-29-19-16-14-17-20-29)41(54)57-36(28(7)12-3)40(53)48-23-18-21-31(48)37(50)46-35(27(6)11-2)38(51)44-25-33(49)56-32/h1,14,16-17,19-20,26-28,30-32,34-36H,11-13,15,18,21-25H2,2-9H3,(H,44,51)(H,45,52)(H,46,50)(H,47,55)/t27-,28-,30?,31-,32?,34?,35-,36-/m0/s1. The smallest absolute Gasteiger partial charge is 0.329 e. The first kappa shape index (κ1) is 46.5. The summed E-state index contributed by atoms with van der Waals surface area (Å²) in [6, 6.07) is 4.64. The van der Waals surface area contributed by atoms with Crippen LogP contribution in [0.5, 0.6) is 0 Å². The predicted molar refractivity (Wildman–Crippen MR) is 214 cm³/mol. The molecule has 5 amide bonds. The molecule has 0 saturated carbocycles. The maximum atomic E-state index is 14.3. The third-order valence-corrected chi connectivity index (χ3v) is 11.3. The number of ether oxygens (including phenoxy) is 2. The van der Waals surface area contributed by atoms with Crippen molar-refractivity contribution in [3.8, 4) is 12.3 Å². The van der Waals surface area contributed by atoms with E-state index in [1.54, 1.807) is 65.8 Å². The van der Waals surface area contributed by atoms with Crippen molar-refractivity contribution in [2.45, 2.75) is 143 Å². The molecule has 2 fully saturated rings. The molecular weight excluding hydrogens is 730 g/mol. The molecule has 14 heteroatoms. The van der Waals surface area contributed by atoms with Crippen molar-refractivity contribution in [1.82, 2.24) is 26.2 Å². The molecule has 8 atom stereocenters. The molecular formula is C43H63N5O9. The molecule has 0 aliphatic carbocycles. The van der Waals surface area contributed by atoms with Crippen molar-refractivity contribution >= 4 is 41.5 Å². The lowest BCUT2D eigenvalue weighted by Gasteiger charge is -2.35. The van der Waals surface area contributed by atoms with Gasteiger partial charge in [0.1, 0.15) is 36.8 Å². The molecule has 3 unspecified atom stereocenters. The van der Waals surface area contributed by atoms with Gasteiger partial charge in [-0.15, -0.1) is 12.3 Å². The Balaban J connectivity index is 2.12. The van der Waals surface area contributed by atoms with Gasteiger partial charge in [-0.2, -0.15) is 0 Å². The molecule has 1 aromatic carbocycles. The Morgan fingerprint density at radius 3 is 2.14 bits per heavy atom. The number of hydrogen-bond acceptors (Lipinski definition) is 9. The van der Waals surface area contributed by atoms with E-state index in [4.69, 9.17) is 15.9 Å². The Labute approximate surface area is 337 Å². The second-order valence-corrected chi connectivity index (χ2v) is 16.3. The van der Waals surface area contributed by atoms with E-state index in [2.05, 4.69) is 27.2 Å². The molecule has 0 bridgehead atoms. The summed E-state index contributed by atoms with van der Waals surface area (Å²) < 4.78 is 11.9. The van der Waals surface area contributed by atoms with E-state index < -0.39 is 102 Å². The first-order valence-corrected chi connectivity index (χ1v) is 20.3. The highest BCUT2D eigenvalue weighted by molar-refractivity contribution is 5.96. The van der Waals surface area contributed by atoms with Crippen LogP contribution in [0.15, 0.2) is 30.3 Å². The minimum Gasteiger partial charge on any atom is -0.460 e. The van der Waals surface area contributed by atoms with Crippen LogP contribution < -0.4 is 21.3 Å². The molecule has 14 nitrogen and oxygen atoms in total. The van der Waals surface area contributed by atoms with Crippen molar-refractivity contribution in [1.29, 1.82) is 0 Å². The molecule has 2 aliphatic heterocycles.